The molecule has 2 rings (SSSR count). The number of nitrogens with one attached hydrogen (secondary N) is 1. The van der Waals surface area contributed by atoms with E-state index in [4.69, 9.17) is 0 Å². The van der Waals surface area contributed by atoms with E-state index < -0.39 is 5.60 Å². The molecule has 0 aromatic heterocycles. The number of benzene rings is 1. The van der Waals surface area contributed by atoms with Crippen LogP contribution in [0.15, 0.2) is 24.3 Å². The molecule has 1 aliphatic rings. The van der Waals surface area contributed by atoms with Crippen molar-refractivity contribution >= 4 is 0 Å². The normalized spacial score (nSPS) is 19.6. The van der Waals surface area contributed by atoms with Crippen LogP contribution in [-0.2, 0) is 6.42 Å². The number of rotatable bonds is 5. The van der Waals surface area contributed by atoms with Crippen molar-refractivity contribution in [3.05, 3.63) is 35.4 Å². The number of aliphatic hydroxyl groups is 1. The Kier molecular flexibility index (Phi) is 4.41. The van der Waals surface area contributed by atoms with Gasteiger partial charge in [0.05, 0.1) is 11.6 Å². The van der Waals surface area contributed by atoms with E-state index in [1.54, 1.807) is 0 Å². The van der Waals surface area contributed by atoms with Crippen LogP contribution in [-0.4, -0.2) is 17.3 Å². The molecule has 2 N–H and O–H groups in total. The van der Waals surface area contributed by atoms with Crippen LogP contribution in [0.1, 0.15) is 56.7 Å². The van der Waals surface area contributed by atoms with Gasteiger partial charge in [0.1, 0.15) is 0 Å². The Morgan fingerprint density at radius 3 is 2.56 bits per heavy atom. The quantitative estimate of drug-likeness (QED) is 0.837. The molecule has 2 nitrogen and oxygen atoms in total. The van der Waals surface area contributed by atoms with E-state index in [1.165, 1.54) is 11.1 Å². The molecule has 0 bridgehead atoms. The summed E-state index contributed by atoms with van der Waals surface area (Å²) in [6.07, 6.45) is 4.86. The fraction of sp³-hybridized carbons (Fsp3) is 0.625. The molecule has 0 fully saturated rings. The first-order valence-electron chi connectivity index (χ1n) is 7.25. The molecule has 0 saturated heterocycles. The predicted molar refractivity (Wildman–Crippen MR) is 75.7 cm³/mol. The molecule has 1 aromatic rings. The second kappa shape index (κ2) is 5.85. The summed E-state index contributed by atoms with van der Waals surface area (Å²) in [6.45, 7) is 5.27. The minimum absolute atomic E-state index is 0.0994. The summed E-state index contributed by atoms with van der Waals surface area (Å²) in [5.74, 6) is 0. The zero-order valence-electron chi connectivity index (χ0n) is 11.6. The zero-order chi connectivity index (χ0) is 13.0. The maximum absolute atomic E-state index is 11.0. The Labute approximate surface area is 110 Å². The Bertz CT molecular complexity index is 382. The van der Waals surface area contributed by atoms with E-state index in [1.807, 2.05) is 0 Å². The van der Waals surface area contributed by atoms with Crippen LogP contribution >= 0.6 is 0 Å². The molecule has 0 saturated carbocycles. The molecule has 1 aromatic carbocycles. The van der Waals surface area contributed by atoms with Gasteiger partial charge in [0, 0.05) is 0 Å². The van der Waals surface area contributed by atoms with Gasteiger partial charge in [-0.05, 0) is 36.9 Å². The average Bonchev–Trinajstić information content (AvgIpc) is 2.38. The molecule has 18 heavy (non-hydrogen) atoms. The van der Waals surface area contributed by atoms with Gasteiger partial charge in [0.25, 0.3) is 0 Å². The average molecular weight is 247 g/mol. The summed E-state index contributed by atoms with van der Waals surface area (Å²) < 4.78 is 0. The molecule has 1 heterocycles. The van der Waals surface area contributed by atoms with Crippen LogP contribution in [0, 0.1) is 0 Å². The van der Waals surface area contributed by atoms with E-state index in [0.29, 0.717) is 0 Å². The first-order valence-corrected chi connectivity index (χ1v) is 7.25. The van der Waals surface area contributed by atoms with Crippen molar-refractivity contribution in [3.63, 3.8) is 0 Å². The summed E-state index contributed by atoms with van der Waals surface area (Å²) in [5.41, 5.74) is 2.10. The number of hydrogen-bond acceptors (Lipinski definition) is 2. The molecule has 0 amide bonds. The molecule has 0 radical (unpaired) electrons. The van der Waals surface area contributed by atoms with Crippen LogP contribution in [0.4, 0.5) is 0 Å². The fourth-order valence-corrected chi connectivity index (χ4v) is 3.26. The van der Waals surface area contributed by atoms with Crippen LogP contribution in [0.3, 0.4) is 0 Å². The topological polar surface area (TPSA) is 32.3 Å². The monoisotopic (exact) mass is 247 g/mol. The Balaban J connectivity index is 2.32. The molecule has 1 atom stereocenters. The van der Waals surface area contributed by atoms with Crippen LogP contribution in [0.2, 0.25) is 0 Å². The summed E-state index contributed by atoms with van der Waals surface area (Å²) in [6, 6.07) is 8.64. The Hall–Kier alpha value is -0.860. The molecule has 100 valence electrons. The highest BCUT2D eigenvalue weighted by Gasteiger charge is 2.38. The third-order valence-electron chi connectivity index (χ3n) is 4.01. The number of hydrogen-bond donors (Lipinski definition) is 2. The Morgan fingerprint density at radius 1 is 1.22 bits per heavy atom. The molecule has 2 heteroatoms. The zero-order valence-corrected chi connectivity index (χ0v) is 11.6. The smallest absolute Gasteiger partial charge is 0.0841 e. The second-order valence-corrected chi connectivity index (χ2v) is 5.44. The van der Waals surface area contributed by atoms with E-state index >= 15 is 0 Å². The summed E-state index contributed by atoms with van der Waals surface area (Å²) >= 11 is 0. The van der Waals surface area contributed by atoms with Gasteiger partial charge in [-0.25, -0.2) is 0 Å². The molecule has 1 aliphatic heterocycles. The van der Waals surface area contributed by atoms with Gasteiger partial charge in [0.2, 0.25) is 0 Å². The van der Waals surface area contributed by atoms with Gasteiger partial charge in [0.15, 0.2) is 0 Å². The summed E-state index contributed by atoms with van der Waals surface area (Å²) in [7, 11) is 0. The van der Waals surface area contributed by atoms with Gasteiger partial charge in [-0.2, -0.15) is 0 Å². The van der Waals surface area contributed by atoms with Crippen molar-refractivity contribution in [2.75, 3.05) is 6.54 Å². The third kappa shape index (κ3) is 2.60. The molecule has 0 spiro atoms. The highest BCUT2D eigenvalue weighted by molar-refractivity contribution is 5.34. The van der Waals surface area contributed by atoms with Gasteiger partial charge in [-0.1, -0.05) is 51.0 Å². The predicted octanol–water partition coefficient (Wildman–Crippen LogP) is 3.20. The van der Waals surface area contributed by atoms with Crippen LogP contribution < -0.4 is 5.32 Å². The first kappa shape index (κ1) is 13.6. The lowest BCUT2D eigenvalue weighted by Crippen LogP contribution is -2.47. The standard InChI is InChI=1S/C16H25NO/c1-3-10-16(18,11-4-2)15-14-8-6-5-7-13(14)9-12-17-15/h5-8,15,17-18H,3-4,9-12H2,1-2H3. The van der Waals surface area contributed by atoms with Crippen LogP contribution in [0.5, 0.6) is 0 Å². The van der Waals surface area contributed by atoms with Crippen molar-refractivity contribution in [1.82, 2.24) is 5.32 Å². The third-order valence-corrected chi connectivity index (χ3v) is 4.01. The van der Waals surface area contributed by atoms with Crippen molar-refractivity contribution in [1.29, 1.82) is 0 Å². The van der Waals surface area contributed by atoms with Crippen molar-refractivity contribution in [2.24, 2.45) is 0 Å². The van der Waals surface area contributed by atoms with Gasteiger partial charge in [-0.3, -0.25) is 0 Å². The van der Waals surface area contributed by atoms with Crippen molar-refractivity contribution in [2.45, 2.75) is 57.6 Å². The van der Waals surface area contributed by atoms with E-state index in [2.05, 4.69) is 43.4 Å². The molecule has 1 unspecified atom stereocenters. The maximum Gasteiger partial charge on any atom is 0.0841 e. The van der Waals surface area contributed by atoms with Crippen LogP contribution in [0.25, 0.3) is 0 Å². The lowest BCUT2D eigenvalue weighted by Gasteiger charge is -2.40. The minimum Gasteiger partial charge on any atom is -0.388 e. The Morgan fingerprint density at radius 2 is 1.89 bits per heavy atom. The molecular weight excluding hydrogens is 222 g/mol. The van der Waals surface area contributed by atoms with E-state index in [9.17, 15) is 5.11 Å². The summed E-state index contributed by atoms with van der Waals surface area (Å²) in [5, 5.41) is 14.6. The van der Waals surface area contributed by atoms with E-state index in [-0.39, 0.29) is 6.04 Å². The summed E-state index contributed by atoms with van der Waals surface area (Å²) in [4.78, 5) is 0. The number of fused-ring (bicyclic) bond motifs is 1. The fourth-order valence-electron chi connectivity index (χ4n) is 3.26. The minimum atomic E-state index is -0.597. The van der Waals surface area contributed by atoms with Gasteiger partial charge < -0.3 is 10.4 Å². The van der Waals surface area contributed by atoms with Crippen molar-refractivity contribution in [3.8, 4) is 0 Å². The lowest BCUT2D eigenvalue weighted by molar-refractivity contribution is -0.0186. The molecule has 0 aliphatic carbocycles. The van der Waals surface area contributed by atoms with E-state index in [0.717, 1.165) is 38.6 Å². The van der Waals surface area contributed by atoms with Gasteiger partial charge in [-0.15, -0.1) is 0 Å². The lowest BCUT2D eigenvalue weighted by atomic mass is 9.78. The second-order valence-electron chi connectivity index (χ2n) is 5.44. The highest BCUT2D eigenvalue weighted by Crippen LogP contribution is 2.37. The molecular formula is C16H25NO. The first-order chi connectivity index (χ1) is 8.71. The largest absolute Gasteiger partial charge is 0.388 e. The van der Waals surface area contributed by atoms with Gasteiger partial charge >= 0.3 is 0 Å². The van der Waals surface area contributed by atoms with Crippen molar-refractivity contribution < 1.29 is 5.11 Å². The maximum atomic E-state index is 11.0. The SMILES string of the molecule is CCCC(O)(CCC)C1NCCc2ccccc21. The highest BCUT2D eigenvalue weighted by atomic mass is 16.3.